The average Bonchev–Trinajstić information content (AvgIpc) is 2.97. The molecule has 2 rings (SSSR count). The Morgan fingerprint density at radius 1 is 1.32 bits per heavy atom. The van der Waals surface area contributed by atoms with Crippen LogP contribution >= 0.6 is 0 Å². The van der Waals surface area contributed by atoms with Crippen LogP contribution in [0.4, 0.5) is 11.9 Å². The van der Waals surface area contributed by atoms with E-state index in [1.807, 2.05) is 0 Å². The standard InChI is InChI=1S/C13H19N5O/c1-3-7-14-11-15-12(18-8-5-6-9-18)17-13(16-11)19-10-4-2/h2H,3,5-10H2,1H3,(H,14,15,16,17). The molecule has 1 aliphatic heterocycles. The molecule has 1 fully saturated rings. The van der Waals surface area contributed by atoms with Crippen molar-refractivity contribution < 1.29 is 4.74 Å². The van der Waals surface area contributed by atoms with E-state index >= 15 is 0 Å². The maximum Gasteiger partial charge on any atom is 0.324 e. The number of nitrogens with zero attached hydrogens (tertiary/aromatic N) is 4. The van der Waals surface area contributed by atoms with Crippen LogP contribution in [0.2, 0.25) is 0 Å². The third-order valence-corrected chi connectivity index (χ3v) is 2.81. The fraction of sp³-hybridized carbons (Fsp3) is 0.615. The molecule has 6 nitrogen and oxygen atoms in total. The van der Waals surface area contributed by atoms with E-state index < -0.39 is 0 Å². The first-order valence-corrected chi connectivity index (χ1v) is 6.64. The summed E-state index contributed by atoms with van der Waals surface area (Å²) in [7, 11) is 0. The molecule has 1 saturated heterocycles. The van der Waals surface area contributed by atoms with E-state index in [0.717, 1.165) is 26.1 Å². The topological polar surface area (TPSA) is 63.2 Å². The Morgan fingerprint density at radius 2 is 2.11 bits per heavy atom. The number of hydrogen-bond acceptors (Lipinski definition) is 6. The van der Waals surface area contributed by atoms with Crippen molar-refractivity contribution in [3.8, 4) is 18.4 Å². The van der Waals surface area contributed by atoms with Crippen LogP contribution in [0.15, 0.2) is 0 Å². The zero-order valence-corrected chi connectivity index (χ0v) is 11.2. The molecule has 6 heteroatoms. The molecule has 19 heavy (non-hydrogen) atoms. The number of aromatic nitrogens is 3. The summed E-state index contributed by atoms with van der Waals surface area (Å²) in [4.78, 5) is 15.1. The minimum Gasteiger partial charge on any atom is -0.450 e. The largest absolute Gasteiger partial charge is 0.450 e. The van der Waals surface area contributed by atoms with Gasteiger partial charge in [0.25, 0.3) is 0 Å². The minimum absolute atomic E-state index is 0.163. The molecular formula is C13H19N5O. The SMILES string of the molecule is C#CCOc1nc(NCCC)nc(N2CCCC2)n1. The van der Waals surface area contributed by atoms with Crippen molar-refractivity contribution >= 4 is 11.9 Å². The van der Waals surface area contributed by atoms with Gasteiger partial charge >= 0.3 is 6.01 Å². The Morgan fingerprint density at radius 3 is 2.79 bits per heavy atom. The maximum atomic E-state index is 5.31. The second kappa shape index (κ2) is 6.78. The molecule has 1 aliphatic rings. The van der Waals surface area contributed by atoms with Crippen LogP contribution in [0.25, 0.3) is 0 Å². The van der Waals surface area contributed by atoms with Gasteiger partial charge in [0.05, 0.1) is 0 Å². The second-order valence-corrected chi connectivity index (χ2v) is 4.36. The van der Waals surface area contributed by atoms with E-state index in [1.165, 1.54) is 12.8 Å². The lowest BCUT2D eigenvalue weighted by Crippen LogP contribution is -2.22. The molecule has 1 N–H and O–H groups in total. The average molecular weight is 261 g/mol. The molecule has 0 unspecified atom stereocenters. The van der Waals surface area contributed by atoms with E-state index in [-0.39, 0.29) is 12.6 Å². The highest BCUT2D eigenvalue weighted by Crippen LogP contribution is 2.19. The summed E-state index contributed by atoms with van der Waals surface area (Å²) in [6.07, 6.45) is 8.53. The highest BCUT2D eigenvalue weighted by molar-refractivity contribution is 5.39. The van der Waals surface area contributed by atoms with Crippen molar-refractivity contribution in [3.63, 3.8) is 0 Å². The van der Waals surface area contributed by atoms with E-state index in [1.54, 1.807) is 0 Å². The second-order valence-electron chi connectivity index (χ2n) is 4.36. The molecular weight excluding hydrogens is 242 g/mol. The predicted octanol–water partition coefficient (Wildman–Crippen LogP) is 1.31. The highest BCUT2D eigenvalue weighted by Gasteiger charge is 2.17. The van der Waals surface area contributed by atoms with Crippen molar-refractivity contribution in [3.05, 3.63) is 0 Å². The quantitative estimate of drug-likeness (QED) is 0.779. The molecule has 0 spiro atoms. The molecule has 0 aliphatic carbocycles. The molecule has 1 aromatic heterocycles. The first-order chi connectivity index (χ1) is 9.33. The zero-order chi connectivity index (χ0) is 13.5. The monoisotopic (exact) mass is 261 g/mol. The number of rotatable bonds is 6. The van der Waals surface area contributed by atoms with Gasteiger partial charge in [-0.3, -0.25) is 0 Å². The fourth-order valence-corrected chi connectivity index (χ4v) is 1.89. The van der Waals surface area contributed by atoms with Gasteiger partial charge < -0.3 is 15.0 Å². The lowest BCUT2D eigenvalue weighted by Gasteiger charge is -2.16. The van der Waals surface area contributed by atoms with Crippen LogP contribution in [-0.2, 0) is 0 Å². The molecule has 102 valence electrons. The summed E-state index contributed by atoms with van der Waals surface area (Å²) in [5.41, 5.74) is 0. The van der Waals surface area contributed by atoms with E-state index in [2.05, 4.69) is 38.0 Å². The summed E-state index contributed by atoms with van der Waals surface area (Å²) in [6, 6.07) is 0.286. The number of anilines is 2. The van der Waals surface area contributed by atoms with Crippen LogP contribution in [0.3, 0.4) is 0 Å². The first-order valence-electron chi connectivity index (χ1n) is 6.64. The maximum absolute atomic E-state index is 5.31. The fourth-order valence-electron chi connectivity index (χ4n) is 1.89. The Labute approximate surface area is 113 Å². The normalized spacial score (nSPS) is 14.2. The van der Waals surface area contributed by atoms with Crippen molar-refractivity contribution in [1.82, 2.24) is 15.0 Å². The number of terminal acetylenes is 1. The van der Waals surface area contributed by atoms with Gasteiger partial charge in [-0.15, -0.1) is 6.42 Å². The van der Waals surface area contributed by atoms with Gasteiger partial charge in [0.1, 0.15) is 0 Å². The molecule has 0 atom stereocenters. The Bertz CT molecular complexity index is 451. The van der Waals surface area contributed by atoms with Crippen molar-refractivity contribution in [2.24, 2.45) is 0 Å². The smallest absolute Gasteiger partial charge is 0.324 e. The third-order valence-electron chi connectivity index (χ3n) is 2.81. The lowest BCUT2D eigenvalue weighted by molar-refractivity contribution is 0.339. The van der Waals surface area contributed by atoms with Crippen LogP contribution in [0.1, 0.15) is 26.2 Å². The minimum atomic E-state index is 0.163. The molecule has 0 amide bonds. The van der Waals surface area contributed by atoms with Gasteiger partial charge in [0.15, 0.2) is 6.61 Å². The third kappa shape index (κ3) is 3.71. The van der Waals surface area contributed by atoms with E-state index in [4.69, 9.17) is 11.2 Å². The Kier molecular flexibility index (Phi) is 4.78. The summed E-state index contributed by atoms with van der Waals surface area (Å²) in [5, 5.41) is 3.15. The summed E-state index contributed by atoms with van der Waals surface area (Å²) >= 11 is 0. The molecule has 0 radical (unpaired) electrons. The zero-order valence-electron chi connectivity index (χ0n) is 11.2. The molecule has 2 heterocycles. The lowest BCUT2D eigenvalue weighted by atomic mass is 10.4. The van der Waals surface area contributed by atoms with Gasteiger partial charge in [-0.2, -0.15) is 15.0 Å². The predicted molar refractivity (Wildman–Crippen MR) is 74.4 cm³/mol. The van der Waals surface area contributed by atoms with Gasteiger partial charge in [-0.25, -0.2) is 0 Å². The van der Waals surface area contributed by atoms with Gasteiger partial charge in [-0.05, 0) is 19.3 Å². The first kappa shape index (κ1) is 13.4. The van der Waals surface area contributed by atoms with Crippen LogP contribution < -0.4 is 15.0 Å². The highest BCUT2D eigenvalue weighted by atomic mass is 16.5. The molecule has 0 bridgehead atoms. The van der Waals surface area contributed by atoms with Crippen molar-refractivity contribution in [1.29, 1.82) is 0 Å². The van der Waals surface area contributed by atoms with Crippen LogP contribution in [-0.4, -0.2) is 41.2 Å². The van der Waals surface area contributed by atoms with Crippen LogP contribution in [0.5, 0.6) is 6.01 Å². The van der Waals surface area contributed by atoms with Gasteiger partial charge in [-0.1, -0.05) is 12.8 Å². The van der Waals surface area contributed by atoms with Gasteiger partial charge in [0.2, 0.25) is 11.9 Å². The summed E-state index contributed by atoms with van der Waals surface area (Å²) in [6.45, 7) is 5.03. The molecule has 1 aromatic rings. The van der Waals surface area contributed by atoms with E-state index in [0.29, 0.717) is 11.9 Å². The van der Waals surface area contributed by atoms with Crippen molar-refractivity contribution in [2.45, 2.75) is 26.2 Å². The number of ether oxygens (including phenoxy) is 1. The summed E-state index contributed by atoms with van der Waals surface area (Å²) < 4.78 is 5.31. The summed E-state index contributed by atoms with van der Waals surface area (Å²) in [5.74, 6) is 3.62. The number of hydrogen-bond donors (Lipinski definition) is 1. The molecule has 0 saturated carbocycles. The van der Waals surface area contributed by atoms with Crippen LogP contribution in [0, 0.1) is 12.3 Å². The Hall–Kier alpha value is -2.03. The van der Waals surface area contributed by atoms with Crippen molar-refractivity contribution in [2.75, 3.05) is 36.5 Å². The molecule has 0 aromatic carbocycles. The Balaban J connectivity index is 2.17. The van der Waals surface area contributed by atoms with Gasteiger partial charge in [0, 0.05) is 19.6 Å². The number of nitrogens with one attached hydrogen (secondary N) is 1. The van der Waals surface area contributed by atoms with E-state index in [9.17, 15) is 0 Å².